The molecule has 1 aliphatic rings. The molecule has 0 saturated heterocycles. The first-order valence-electron chi connectivity index (χ1n) is 7.09. The summed E-state index contributed by atoms with van der Waals surface area (Å²) in [5.74, 6) is 0.953. The van der Waals surface area contributed by atoms with Crippen molar-refractivity contribution in [3.05, 3.63) is 47.6 Å². The molecule has 0 bridgehead atoms. The topological polar surface area (TPSA) is 26.3 Å². The second-order valence-corrected chi connectivity index (χ2v) is 6.00. The third-order valence-electron chi connectivity index (χ3n) is 3.41. The average Bonchev–Trinajstić information content (AvgIpc) is 2.53. The van der Waals surface area contributed by atoms with Crippen LogP contribution in [0.4, 0.5) is 0 Å². The Morgan fingerprint density at radius 3 is 2.80 bits per heavy atom. The first-order chi connectivity index (χ1) is 9.41. The molecule has 0 amide bonds. The lowest BCUT2D eigenvalue weighted by atomic mass is 9.90. The van der Waals surface area contributed by atoms with Gasteiger partial charge in [-0.2, -0.15) is 0 Å². The van der Waals surface area contributed by atoms with Crippen LogP contribution in [-0.2, 0) is 11.2 Å². The van der Waals surface area contributed by atoms with Crippen molar-refractivity contribution in [1.29, 1.82) is 0 Å². The first-order valence-corrected chi connectivity index (χ1v) is 7.09. The quantitative estimate of drug-likeness (QED) is 0.770. The summed E-state index contributed by atoms with van der Waals surface area (Å²) in [4.78, 5) is 11.2. The number of hydrogen-bond acceptors (Lipinski definition) is 2. The van der Waals surface area contributed by atoms with Crippen LogP contribution >= 0.6 is 0 Å². The van der Waals surface area contributed by atoms with Crippen LogP contribution in [0, 0.1) is 5.41 Å². The third-order valence-corrected chi connectivity index (χ3v) is 3.41. The van der Waals surface area contributed by atoms with Crippen molar-refractivity contribution in [2.75, 3.05) is 6.61 Å². The molecule has 2 nitrogen and oxygen atoms in total. The van der Waals surface area contributed by atoms with E-state index in [0.29, 0.717) is 6.61 Å². The average molecular weight is 270 g/mol. The minimum atomic E-state index is -0.0537. The molecule has 0 N–H and O–H groups in total. The van der Waals surface area contributed by atoms with Gasteiger partial charge in [-0.05, 0) is 42.7 Å². The number of ketones is 1. The summed E-state index contributed by atoms with van der Waals surface area (Å²) in [6.07, 6.45) is 6.70. The number of allylic oxidation sites excluding steroid dienone is 3. The maximum absolute atomic E-state index is 11.2. The van der Waals surface area contributed by atoms with Crippen molar-refractivity contribution in [1.82, 2.24) is 0 Å². The van der Waals surface area contributed by atoms with E-state index in [4.69, 9.17) is 4.74 Å². The van der Waals surface area contributed by atoms with Gasteiger partial charge in [0.25, 0.3) is 0 Å². The van der Waals surface area contributed by atoms with Crippen molar-refractivity contribution in [3.8, 4) is 5.75 Å². The fraction of sp³-hybridized carbons (Fsp3) is 0.389. The Bertz CT molecular complexity index is 577. The van der Waals surface area contributed by atoms with Gasteiger partial charge in [0.2, 0.25) is 0 Å². The normalized spacial score (nSPS) is 17.1. The van der Waals surface area contributed by atoms with Crippen molar-refractivity contribution >= 4 is 11.4 Å². The maximum atomic E-state index is 11.2. The molecule has 1 aromatic carbocycles. The van der Waals surface area contributed by atoms with Gasteiger partial charge in [-0.25, -0.2) is 0 Å². The molecular formula is C18H22O2. The van der Waals surface area contributed by atoms with Gasteiger partial charge >= 0.3 is 0 Å². The minimum Gasteiger partial charge on any atom is -0.492 e. The number of rotatable bonds is 3. The molecule has 0 atom stereocenters. The van der Waals surface area contributed by atoms with Crippen LogP contribution in [0.2, 0.25) is 0 Å². The zero-order valence-corrected chi connectivity index (χ0v) is 12.7. The van der Waals surface area contributed by atoms with Gasteiger partial charge in [0, 0.05) is 11.0 Å². The number of carbonyl (C=O) groups is 1. The van der Waals surface area contributed by atoms with E-state index in [1.165, 1.54) is 5.56 Å². The van der Waals surface area contributed by atoms with Crippen LogP contribution in [0.25, 0.3) is 5.57 Å². The number of benzene rings is 1. The minimum absolute atomic E-state index is 0.0537. The van der Waals surface area contributed by atoms with E-state index in [1.807, 2.05) is 12.1 Å². The first kappa shape index (κ1) is 14.6. The van der Waals surface area contributed by atoms with E-state index >= 15 is 0 Å². The van der Waals surface area contributed by atoms with Gasteiger partial charge < -0.3 is 4.74 Å². The molecule has 0 unspecified atom stereocenters. The van der Waals surface area contributed by atoms with Crippen molar-refractivity contribution in [3.63, 3.8) is 0 Å². The number of hydrogen-bond donors (Lipinski definition) is 0. The summed E-state index contributed by atoms with van der Waals surface area (Å²) in [6.45, 7) is 8.63. The Morgan fingerprint density at radius 1 is 1.40 bits per heavy atom. The zero-order chi connectivity index (χ0) is 14.8. The van der Waals surface area contributed by atoms with E-state index in [2.05, 4.69) is 39.0 Å². The lowest BCUT2D eigenvalue weighted by Gasteiger charge is -2.18. The molecule has 1 aliphatic heterocycles. The largest absolute Gasteiger partial charge is 0.492 e. The molecule has 20 heavy (non-hydrogen) atoms. The SMILES string of the molecule is CCc1ccc2c(c1)C(C=CC(C)=O)=CC(C)(C)CO2. The smallest absolute Gasteiger partial charge is 0.152 e. The van der Waals surface area contributed by atoms with Crippen LogP contribution in [0.3, 0.4) is 0 Å². The maximum Gasteiger partial charge on any atom is 0.152 e. The van der Waals surface area contributed by atoms with Crippen LogP contribution in [-0.4, -0.2) is 12.4 Å². The van der Waals surface area contributed by atoms with E-state index in [9.17, 15) is 4.79 Å². The second-order valence-electron chi connectivity index (χ2n) is 6.00. The van der Waals surface area contributed by atoms with Crippen LogP contribution < -0.4 is 4.74 Å². The van der Waals surface area contributed by atoms with Crippen molar-refractivity contribution in [2.45, 2.75) is 34.1 Å². The van der Waals surface area contributed by atoms with E-state index in [1.54, 1.807) is 13.0 Å². The van der Waals surface area contributed by atoms with Gasteiger partial charge in [-0.1, -0.05) is 39.0 Å². The van der Waals surface area contributed by atoms with Gasteiger partial charge in [0.15, 0.2) is 5.78 Å². The predicted molar refractivity (Wildman–Crippen MR) is 82.9 cm³/mol. The van der Waals surface area contributed by atoms with Crippen molar-refractivity contribution < 1.29 is 9.53 Å². The fourth-order valence-electron chi connectivity index (χ4n) is 2.30. The lowest BCUT2D eigenvalue weighted by molar-refractivity contribution is -0.112. The molecule has 2 heteroatoms. The molecule has 0 radical (unpaired) electrons. The van der Waals surface area contributed by atoms with Crippen LogP contribution in [0.5, 0.6) is 5.75 Å². The summed E-state index contributed by atoms with van der Waals surface area (Å²) in [7, 11) is 0. The molecule has 106 valence electrons. The molecule has 1 aromatic rings. The van der Waals surface area contributed by atoms with E-state index in [-0.39, 0.29) is 11.2 Å². The Balaban J connectivity index is 2.54. The summed E-state index contributed by atoms with van der Waals surface area (Å²) >= 11 is 0. The lowest BCUT2D eigenvalue weighted by Crippen LogP contribution is -2.17. The van der Waals surface area contributed by atoms with Gasteiger partial charge in [-0.15, -0.1) is 0 Å². The fourth-order valence-corrected chi connectivity index (χ4v) is 2.30. The molecule has 2 rings (SSSR count). The number of aryl methyl sites for hydroxylation is 1. The van der Waals surface area contributed by atoms with Crippen LogP contribution in [0.15, 0.2) is 36.4 Å². The van der Waals surface area contributed by atoms with E-state index in [0.717, 1.165) is 23.3 Å². The predicted octanol–water partition coefficient (Wildman–Crippen LogP) is 4.20. The third kappa shape index (κ3) is 3.38. The molecule has 0 aliphatic carbocycles. The molecule has 0 spiro atoms. The number of carbonyl (C=O) groups excluding carboxylic acids is 1. The Labute approximate surface area is 121 Å². The van der Waals surface area contributed by atoms with E-state index < -0.39 is 0 Å². The Kier molecular flexibility index (Phi) is 4.12. The highest BCUT2D eigenvalue weighted by Crippen LogP contribution is 2.36. The standard InChI is InChI=1S/C18H22O2/c1-5-14-7-9-17-16(10-14)15(8-6-13(2)19)11-18(3,4)12-20-17/h6-11H,5,12H2,1-4H3. The highest BCUT2D eigenvalue weighted by Gasteiger charge is 2.22. The van der Waals surface area contributed by atoms with Crippen molar-refractivity contribution in [2.24, 2.45) is 5.41 Å². The summed E-state index contributed by atoms with van der Waals surface area (Å²) in [5, 5.41) is 0. The monoisotopic (exact) mass is 270 g/mol. The molecular weight excluding hydrogens is 248 g/mol. The summed E-state index contributed by atoms with van der Waals surface area (Å²) in [5.41, 5.74) is 3.36. The highest BCUT2D eigenvalue weighted by molar-refractivity contribution is 5.91. The second kappa shape index (κ2) is 5.66. The molecule has 0 aromatic heterocycles. The Morgan fingerprint density at radius 2 is 2.15 bits per heavy atom. The molecule has 1 heterocycles. The summed E-state index contributed by atoms with van der Waals surface area (Å²) < 4.78 is 5.93. The number of fused-ring (bicyclic) bond motifs is 1. The summed E-state index contributed by atoms with van der Waals surface area (Å²) in [6, 6.07) is 6.29. The Hall–Kier alpha value is -1.83. The number of ether oxygens (including phenoxy) is 1. The van der Waals surface area contributed by atoms with Crippen LogP contribution in [0.1, 0.15) is 38.8 Å². The highest BCUT2D eigenvalue weighted by atomic mass is 16.5. The van der Waals surface area contributed by atoms with Gasteiger partial charge in [0.05, 0.1) is 6.61 Å². The molecule has 0 saturated carbocycles. The molecule has 0 fully saturated rings. The zero-order valence-electron chi connectivity index (χ0n) is 12.7. The van der Waals surface area contributed by atoms with Gasteiger partial charge in [-0.3, -0.25) is 4.79 Å². The van der Waals surface area contributed by atoms with Gasteiger partial charge in [0.1, 0.15) is 5.75 Å².